The molecular formula is C22H45N. The summed E-state index contributed by atoms with van der Waals surface area (Å²) in [6, 6.07) is 0. The topological polar surface area (TPSA) is 3.24 Å². The monoisotopic (exact) mass is 323 g/mol. The lowest BCUT2D eigenvalue weighted by molar-refractivity contribution is 0.258. The van der Waals surface area contributed by atoms with Crippen LogP contribution in [0.25, 0.3) is 0 Å². The molecule has 0 aliphatic heterocycles. The Bertz CT molecular complexity index is 218. The Kier molecular flexibility index (Phi) is 19.5. The van der Waals surface area contributed by atoms with Gasteiger partial charge in [-0.1, -0.05) is 90.2 Å². The Hall–Kier alpha value is -0.300. The quantitative estimate of drug-likeness (QED) is 0.188. The lowest BCUT2D eigenvalue weighted by Gasteiger charge is -2.22. The van der Waals surface area contributed by atoms with Crippen molar-refractivity contribution in [1.29, 1.82) is 0 Å². The minimum atomic E-state index is 1.25. The second-order valence-corrected chi connectivity index (χ2v) is 7.09. The third kappa shape index (κ3) is 17.9. The fourth-order valence-electron chi connectivity index (χ4n) is 3.17. The fourth-order valence-corrected chi connectivity index (χ4v) is 3.17. The summed E-state index contributed by atoms with van der Waals surface area (Å²) in [5.41, 5.74) is 0. The molecule has 138 valence electrons. The lowest BCUT2D eigenvalue weighted by atomic mass is 10.1. The maximum atomic E-state index is 2.74. The highest BCUT2D eigenvalue weighted by Crippen LogP contribution is 2.09. The van der Waals surface area contributed by atoms with Crippen molar-refractivity contribution >= 4 is 0 Å². The standard InChI is InChI=1S/C22H45N/c1-4-7-10-13-15-18-21-23(20-17-12-9-6-3)22-19-16-14-11-8-5-2/h6,9H,4-5,7-8,10-22H2,1-3H3. The van der Waals surface area contributed by atoms with E-state index in [1.54, 1.807) is 0 Å². The number of allylic oxidation sites excluding steroid dienone is 2. The maximum Gasteiger partial charge on any atom is -0.00158 e. The van der Waals surface area contributed by atoms with Crippen LogP contribution in [0.1, 0.15) is 111 Å². The Morgan fingerprint density at radius 3 is 1.48 bits per heavy atom. The second-order valence-electron chi connectivity index (χ2n) is 7.09. The molecule has 0 amide bonds. The zero-order valence-corrected chi connectivity index (χ0v) is 16.6. The number of hydrogen-bond donors (Lipinski definition) is 0. The average molecular weight is 324 g/mol. The minimum absolute atomic E-state index is 1.25. The van der Waals surface area contributed by atoms with Gasteiger partial charge in [0.05, 0.1) is 0 Å². The van der Waals surface area contributed by atoms with Gasteiger partial charge in [0.25, 0.3) is 0 Å². The molecule has 0 aromatic carbocycles. The van der Waals surface area contributed by atoms with Gasteiger partial charge in [0.2, 0.25) is 0 Å². The van der Waals surface area contributed by atoms with Gasteiger partial charge < -0.3 is 4.90 Å². The normalized spacial score (nSPS) is 11.8. The Balaban J connectivity index is 3.75. The van der Waals surface area contributed by atoms with Crippen LogP contribution in [0.5, 0.6) is 0 Å². The molecule has 0 heterocycles. The SMILES string of the molecule is CC=CCCCN(CCCCCCCC)CCCCCCCC. The van der Waals surface area contributed by atoms with Crippen LogP contribution in [0.15, 0.2) is 12.2 Å². The van der Waals surface area contributed by atoms with Gasteiger partial charge in [-0.2, -0.15) is 0 Å². The number of rotatable bonds is 18. The van der Waals surface area contributed by atoms with E-state index in [0.29, 0.717) is 0 Å². The van der Waals surface area contributed by atoms with Gasteiger partial charge in [-0.15, -0.1) is 0 Å². The summed E-state index contributed by atoms with van der Waals surface area (Å²) in [7, 11) is 0. The van der Waals surface area contributed by atoms with E-state index in [-0.39, 0.29) is 0 Å². The van der Waals surface area contributed by atoms with E-state index in [0.717, 1.165) is 0 Å². The molecule has 23 heavy (non-hydrogen) atoms. The van der Waals surface area contributed by atoms with Gasteiger partial charge in [-0.25, -0.2) is 0 Å². The highest BCUT2D eigenvalue weighted by atomic mass is 15.1. The van der Waals surface area contributed by atoms with E-state index < -0.39 is 0 Å². The molecule has 0 unspecified atom stereocenters. The molecule has 0 saturated carbocycles. The summed E-state index contributed by atoms with van der Waals surface area (Å²) in [4.78, 5) is 2.74. The van der Waals surface area contributed by atoms with Crippen molar-refractivity contribution in [2.45, 2.75) is 111 Å². The van der Waals surface area contributed by atoms with Crippen LogP contribution >= 0.6 is 0 Å². The van der Waals surface area contributed by atoms with Crippen molar-refractivity contribution in [2.24, 2.45) is 0 Å². The van der Waals surface area contributed by atoms with Gasteiger partial charge in [-0.3, -0.25) is 0 Å². The van der Waals surface area contributed by atoms with E-state index in [4.69, 9.17) is 0 Å². The molecular weight excluding hydrogens is 278 g/mol. The molecule has 0 saturated heterocycles. The lowest BCUT2D eigenvalue weighted by Crippen LogP contribution is -2.27. The highest BCUT2D eigenvalue weighted by Gasteiger charge is 2.04. The molecule has 1 heteroatoms. The molecule has 0 N–H and O–H groups in total. The van der Waals surface area contributed by atoms with Gasteiger partial charge >= 0.3 is 0 Å². The second kappa shape index (κ2) is 19.7. The van der Waals surface area contributed by atoms with Gasteiger partial charge in [0.1, 0.15) is 0 Å². The summed E-state index contributed by atoms with van der Waals surface area (Å²) in [6.07, 6.45) is 24.1. The van der Waals surface area contributed by atoms with Gasteiger partial charge in [-0.05, 0) is 52.2 Å². The smallest absolute Gasteiger partial charge is 0.00158 e. The summed E-state index contributed by atoms with van der Waals surface area (Å²) in [5, 5.41) is 0. The summed E-state index contributed by atoms with van der Waals surface area (Å²) < 4.78 is 0. The van der Waals surface area contributed by atoms with E-state index in [1.165, 1.54) is 110 Å². The number of nitrogens with zero attached hydrogens (tertiary/aromatic N) is 1. The predicted octanol–water partition coefficient (Wildman–Crippen LogP) is 7.37. The van der Waals surface area contributed by atoms with Crippen molar-refractivity contribution in [3.8, 4) is 0 Å². The van der Waals surface area contributed by atoms with Crippen molar-refractivity contribution in [3.63, 3.8) is 0 Å². The Labute approximate surface area is 147 Å². The molecule has 0 aliphatic carbocycles. The molecule has 0 aromatic heterocycles. The molecule has 0 atom stereocenters. The van der Waals surface area contributed by atoms with Crippen molar-refractivity contribution < 1.29 is 0 Å². The number of unbranched alkanes of at least 4 members (excludes halogenated alkanes) is 11. The molecule has 0 bridgehead atoms. The van der Waals surface area contributed by atoms with E-state index in [9.17, 15) is 0 Å². The van der Waals surface area contributed by atoms with E-state index >= 15 is 0 Å². The third-order valence-corrected chi connectivity index (χ3v) is 4.74. The van der Waals surface area contributed by atoms with E-state index in [1.807, 2.05) is 0 Å². The summed E-state index contributed by atoms with van der Waals surface area (Å²) in [5.74, 6) is 0. The third-order valence-electron chi connectivity index (χ3n) is 4.74. The molecule has 0 radical (unpaired) electrons. The van der Waals surface area contributed by atoms with Crippen LogP contribution in [0.3, 0.4) is 0 Å². The highest BCUT2D eigenvalue weighted by molar-refractivity contribution is 4.77. The molecule has 0 aromatic rings. The first-order valence-electron chi connectivity index (χ1n) is 10.7. The van der Waals surface area contributed by atoms with Crippen LogP contribution < -0.4 is 0 Å². The van der Waals surface area contributed by atoms with Gasteiger partial charge in [0, 0.05) is 0 Å². The largest absolute Gasteiger partial charge is 0.303 e. The van der Waals surface area contributed by atoms with Crippen LogP contribution in [0.2, 0.25) is 0 Å². The van der Waals surface area contributed by atoms with Crippen LogP contribution in [-0.2, 0) is 0 Å². The van der Waals surface area contributed by atoms with Crippen LogP contribution in [-0.4, -0.2) is 24.5 Å². The first-order valence-corrected chi connectivity index (χ1v) is 10.7. The van der Waals surface area contributed by atoms with Crippen LogP contribution in [0.4, 0.5) is 0 Å². The predicted molar refractivity (Wildman–Crippen MR) is 107 cm³/mol. The molecule has 1 nitrogen and oxygen atoms in total. The van der Waals surface area contributed by atoms with Crippen molar-refractivity contribution in [3.05, 3.63) is 12.2 Å². The molecule has 0 rings (SSSR count). The zero-order chi connectivity index (χ0) is 17.0. The maximum absolute atomic E-state index is 2.74. The van der Waals surface area contributed by atoms with Crippen LogP contribution in [0, 0.1) is 0 Å². The fraction of sp³-hybridized carbons (Fsp3) is 0.909. The first kappa shape index (κ1) is 22.7. The zero-order valence-electron chi connectivity index (χ0n) is 16.6. The Morgan fingerprint density at radius 1 is 0.565 bits per heavy atom. The van der Waals surface area contributed by atoms with Crippen molar-refractivity contribution in [2.75, 3.05) is 19.6 Å². The summed E-state index contributed by atoms with van der Waals surface area (Å²) in [6.45, 7) is 10.7. The van der Waals surface area contributed by atoms with E-state index in [2.05, 4.69) is 37.8 Å². The molecule has 0 fully saturated rings. The molecule has 0 aliphatic rings. The number of hydrogen-bond acceptors (Lipinski definition) is 1. The first-order chi connectivity index (χ1) is 11.3. The van der Waals surface area contributed by atoms with Crippen molar-refractivity contribution in [1.82, 2.24) is 4.90 Å². The minimum Gasteiger partial charge on any atom is -0.303 e. The summed E-state index contributed by atoms with van der Waals surface area (Å²) >= 11 is 0. The molecule has 0 spiro atoms. The average Bonchev–Trinajstić information content (AvgIpc) is 2.57. The van der Waals surface area contributed by atoms with Gasteiger partial charge in [0.15, 0.2) is 0 Å². The Morgan fingerprint density at radius 2 is 1.00 bits per heavy atom.